The van der Waals surface area contributed by atoms with E-state index in [1.54, 1.807) is 0 Å². The Bertz CT molecular complexity index is 171. The first kappa shape index (κ1) is 11.0. The summed E-state index contributed by atoms with van der Waals surface area (Å²) in [5, 5.41) is 10.5. The smallest absolute Gasteiger partial charge is 0.0956 e. The standard InChI is InChI=1S/C11H22O2/c1-5-13-9-7-6-8-11(9,12)10(2,3)4/h9,12H,5-8H2,1-4H3. The maximum atomic E-state index is 10.5. The van der Waals surface area contributed by atoms with Crippen molar-refractivity contribution >= 4 is 0 Å². The molecule has 13 heavy (non-hydrogen) atoms. The number of ether oxygens (including phenoxy) is 1. The first-order valence-corrected chi connectivity index (χ1v) is 5.26. The van der Waals surface area contributed by atoms with Crippen LogP contribution in [-0.2, 0) is 4.74 Å². The van der Waals surface area contributed by atoms with Gasteiger partial charge < -0.3 is 9.84 Å². The minimum atomic E-state index is -0.622. The van der Waals surface area contributed by atoms with Gasteiger partial charge in [-0.2, -0.15) is 0 Å². The zero-order valence-electron chi connectivity index (χ0n) is 9.26. The van der Waals surface area contributed by atoms with Gasteiger partial charge in [0.2, 0.25) is 0 Å². The third kappa shape index (κ3) is 1.89. The maximum Gasteiger partial charge on any atom is 0.0956 e. The molecule has 0 saturated heterocycles. The molecule has 0 aromatic rings. The summed E-state index contributed by atoms with van der Waals surface area (Å²) in [6, 6.07) is 0. The van der Waals surface area contributed by atoms with Crippen LogP contribution in [0.25, 0.3) is 0 Å². The van der Waals surface area contributed by atoms with Crippen LogP contribution in [0.2, 0.25) is 0 Å². The van der Waals surface area contributed by atoms with E-state index in [-0.39, 0.29) is 11.5 Å². The van der Waals surface area contributed by atoms with Gasteiger partial charge in [-0.25, -0.2) is 0 Å². The molecule has 1 aliphatic rings. The third-order valence-electron chi connectivity index (χ3n) is 3.22. The highest BCUT2D eigenvalue weighted by Crippen LogP contribution is 2.44. The van der Waals surface area contributed by atoms with Crippen molar-refractivity contribution in [1.29, 1.82) is 0 Å². The van der Waals surface area contributed by atoms with E-state index in [2.05, 4.69) is 20.8 Å². The van der Waals surface area contributed by atoms with Gasteiger partial charge >= 0.3 is 0 Å². The van der Waals surface area contributed by atoms with E-state index >= 15 is 0 Å². The molecule has 0 aromatic carbocycles. The summed E-state index contributed by atoms with van der Waals surface area (Å²) in [5.41, 5.74) is -0.702. The zero-order valence-corrected chi connectivity index (χ0v) is 9.26. The van der Waals surface area contributed by atoms with Gasteiger partial charge in [0.05, 0.1) is 11.7 Å². The van der Waals surface area contributed by atoms with Crippen molar-refractivity contribution in [2.45, 2.75) is 58.7 Å². The van der Waals surface area contributed by atoms with Crippen molar-refractivity contribution < 1.29 is 9.84 Å². The lowest BCUT2D eigenvalue weighted by Crippen LogP contribution is -2.50. The number of aliphatic hydroxyl groups is 1. The highest BCUT2D eigenvalue weighted by atomic mass is 16.5. The average molecular weight is 186 g/mol. The first-order valence-electron chi connectivity index (χ1n) is 5.26. The maximum absolute atomic E-state index is 10.5. The van der Waals surface area contributed by atoms with Crippen molar-refractivity contribution in [1.82, 2.24) is 0 Å². The van der Waals surface area contributed by atoms with Crippen LogP contribution < -0.4 is 0 Å². The Balaban J connectivity index is 2.75. The largest absolute Gasteiger partial charge is 0.387 e. The topological polar surface area (TPSA) is 29.5 Å². The summed E-state index contributed by atoms with van der Waals surface area (Å²) in [7, 11) is 0. The average Bonchev–Trinajstić information content (AvgIpc) is 2.33. The summed E-state index contributed by atoms with van der Waals surface area (Å²) in [6.45, 7) is 8.95. The van der Waals surface area contributed by atoms with Gasteiger partial charge in [0.15, 0.2) is 0 Å². The quantitative estimate of drug-likeness (QED) is 0.717. The fourth-order valence-electron chi connectivity index (χ4n) is 2.24. The molecule has 2 heteroatoms. The van der Waals surface area contributed by atoms with Crippen molar-refractivity contribution in [2.75, 3.05) is 6.61 Å². The summed E-state index contributed by atoms with van der Waals surface area (Å²) >= 11 is 0. The summed E-state index contributed by atoms with van der Waals surface area (Å²) in [5.74, 6) is 0. The Kier molecular flexibility index (Phi) is 3.03. The Morgan fingerprint density at radius 3 is 2.54 bits per heavy atom. The molecular weight excluding hydrogens is 164 g/mol. The van der Waals surface area contributed by atoms with Crippen molar-refractivity contribution in [3.05, 3.63) is 0 Å². The number of rotatable bonds is 2. The highest BCUT2D eigenvalue weighted by Gasteiger charge is 2.50. The van der Waals surface area contributed by atoms with Gasteiger partial charge in [-0.05, 0) is 31.6 Å². The molecule has 0 aliphatic heterocycles. The van der Waals surface area contributed by atoms with Crippen molar-refractivity contribution in [3.8, 4) is 0 Å². The predicted octanol–water partition coefficient (Wildman–Crippen LogP) is 2.35. The zero-order chi connectivity index (χ0) is 10.1. The lowest BCUT2D eigenvalue weighted by atomic mass is 9.74. The minimum absolute atomic E-state index is 0.0394. The summed E-state index contributed by atoms with van der Waals surface area (Å²) < 4.78 is 5.59. The second-order valence-electron chi connectivity index (χ2n) is 5.01. The number of hydrogen-bond donors (Lipinski definition) is 1. The normalized spacial score (nSPS) is 35.3. The summed E-state index contributed by atoms with van der Waals surface area (Å²) in [4.78, 5) is 0. The van der Waals surface area contributed by atoms with Gasteiger partial charge in [-0.1, -0.05) is 20.8 Å². The van der Waals surface area contributed by atoms with Gasteiger partial charge in [-0.15, -0.1) is 0 Å². The second-order valence-corrected chi connectivity index (χ2v) is 5.01. The van der Waals surface area contributed by atoms with E-state index < -0.39 is 5.60 Å². The lowest BCUT2D eigenvalue weighted by molar-refractivity contribution is -0.144. The molecule has 1 fully saturated rings. The molecule has 1 N–H and O–H groups in total. The Labute approximate surface area is 81.3 Å². The predicted molar refractivity (Wildman–Crippen MR) is 53.7 cm³/mol. The lowest BCUT2D eigenvalue weighted by Gasteiger charge is -2.41. The molecule has 0 amide bonds. The van der Waals surface area contributed by atoms with Crippen LogP contribution in [-0.4, -0.2) is 23.4 Å². The van der Waals surface area contributed by atoms with Crippen LogP contribution in [0.1, 0.15) is 47.0 Å². The van der Waals surface area contributed by atoms with E-state index in [4.69, 9.17) is 4.74 Å². The highest BCUT2D eigenvalue weighted by molar-refractivity contribution is 5.01. The van der Waals surface area contributed by atoms with E-state index in [1.165, 1.54) is 0 Å². The third-order valence-corrected chi connectivity index (χ3v) is 3.22. The molecule has 2 unspecified atom stereocenters. The minimum Gasteiger partial charge on any atom is -0.387 e. The molecule has 2 nitrogen and oxygen atoms in total. The van der Waals surface area contributed by atoms with Crippen LogP contribution in [0, 0.1) is 5.41 Å². The van der Waals surface area contributed by atoms with Crippen molar-refractivity contribution in [2.24, 2.45) is 5.41 Å². The van der Waals surface area contributed by atoms with E-state index in [9.17, 15) is 5.11 Å². The van der Waals surface area contributed by atoms with Gasteiger partial charge in [0.1, 0.15) is 0 Å². The number of hydrogen-bond acceptors (Lipinski definition) is 2. The van der Waals surface area contributed by atoms with E-state index in [1.807, 2.05) is 6.92 Å². The van der Waals surface area contributed by atoms with E-state index in [0.29, 0.717) is 6.61 Å². The fraction of sp³-hybridized carbons (Fsp3) is 1.00. The van der Waals surface area contributed by atoms with Gasteiger partial charge in [0, 0.05) is 6.61 Å². The molecule has 0 spiro atoms. The molecule has 1 rings (SSSR count). The van der Waals surface area contributed by atoms with Crippen LogP contribution in [0.3, 0.4) is 0 Å². The Morgan fingerprint density at radius 2 is 2.08 bits per heavy atom. The van der Waals surface area contributed by atoms with Crippen LogP contribution in [0.4, 0.5) is 0 Å². The monoisotopic (exact) mass is 186 g/mol. The molecule has 1 saturated carbocycles. The Hall–Kier alpha value is -0.0800. The van der Waals surface area contributed by atoms with Crippen LogP contribution in [0.5, 0.6) is 0 Å². The summed E-state index contributed by atoms with van der Waals surface area (Å²) in [6.07, 6.45) is 3.00. The SMILES string of the molecule is CCOC1CCCC1(O)C(C)(C)C. The molecule has 2 atom stereocenters. The van der Waals surface area contributed by atoms with E-state index in [0.717, 1.165) is 19.3 Å². The molecule has 0 aromatic heterocycles. The molecule has 1 aliphatic carbocycles. The first-order chi connectivity index (χ1) is 5.92. The molecular formula is C11H22O2. The fourth-order valence-corrected chi connectivity index (χ4v) is 2.24. The van der Waals surface area contributed by atoms with Crippen molar-refractivity contribution in [3.63, 3.8) is 0 Å². The molecule has 78 valence electrons. The molecule has 0 bridgehead atoms. The van der Waals surface area contributed by atoms with Crippen LogP contribution in [0.15, 0.2) is 0 Å². The van der Waals surface area contributed by atoms with Gasteiger partial charge in [0.25, 0.3) is 0 Å². The molecule has 0 heterocycles. The molecule has 0 radical (unpaired) electrons. The second kappa shape index (κ2) is 3.58. The van der Waals surface area contributed by atoms with Crippen LogP contribution >= 0.6 is 0 Å². The van der Waals surface area contributed by atoms with Gasteiger partial charge in [-0.3, -0.25) is 0 Å². The Morgan fingerprint density at radius 1 is 1.46 bits per heavy atom.